The summed E-state index contributed by atoms with van der Waals surface area (Å²) in [6, 6.07) is 0.709. The summed E-state index contributed by atoms with van der Waals surface area (Å²) < 4.78 is 0. The zero-order valence-corrected chi connectivity index (χ0v) is 11.2. The zero-order chi connectivity index (χ0) is 12.1. The Labute approximate surface area is 106 Å². The minimum absolute atomic E-state index is 0.0710. The molecule has 3 unspecified atom stereocenters. The summed E-state index contributed by atoms with van der Waals surface area (Å²) in [6.07, 6.45) is 7.79. The zero-order valence-electron chi connectivity index (χ0n) is 11.2. The lowest BCUT2D eigenvalue weighted by molar-refractivity contribution is 0.162. The molecular formula is C14H28N2O. The Balaban J connectivity index is 1.85. The molecule has 0 aromatic heterocycles. The summed E-state index contributed by atoms with van der Waals surface area (Å²) in [4.78, 5) is 2.46. The molecule has 0 aromatic rings. The molecule has 1 heterocycles. The number of likely N-dealkylation sites (tertiary alicyclic amines) is 1. The largest absolute Gasteiger partial charge is 0.392 e. The van der Waals surface area contributed by atoms with Crippen LogP contribution in [0.25, 0.3) is 0 Å². The molecule has 0 amide bonds. The number of rotatable bonds is 4. The maximum atomic E-state index is 9.60. The average molecular weight is 240 g/mol. The maximum Gasteiger partial charge on any atom is 0.0679 e. The lowest BCUT2D eigenvalue weighted by Crippen LogP contribution is -2.41. The summed E-state index contributed by atoms with van der Waals surface area (Å²) in [6.45, 7) is 6.48. The molecule has 2 aliphatic rings. The average Bonchev–Trinajstić information content (AvgIpc) is 2.58. The molecule has 1 aliphatic carbocycles. The predicted molar refractivity (Wildman–Crippen MR) is 71.1 cm³/mol. The molecule has 0 spiro atoms. The van der Waals surface area contributed by atoms with Gasteiger partial charge < -0.3 is 15.3 Å². The first kappa shape index (κ1) is 13.3. The van der Waals surface area contributed by atoms with Gasteiger partial charge in [0.15, 0.2) is 0 Å². The molecule has 1 aliphatic heterocycles. The van der Waals surface area contributed by atoms with Gasteiger partial charge in [0.1, 0.15) is 0 Å². The first-order chi connectivity index (χ1) is 8.29. The van der Waals surface area contributed by atoms with Crippen LogP contribution < -0.4 is 5.32 Å². The monoisotopic (exact) mass is 240 g/mol. The predicted octanol–water partition coefficient (Wildman–Crippen LogP) is 1.61. The number of aliphatic hydroxyl groups excluding tert-OH is 1. The first-order valence-electron chi connectivity index (χ1n) is 7.43. The van der Waals surface area contributed by atoms with Crippen molar-refractivity contribution in [3.8, 4) is 0 Å². The topological polar surface area (TPSA) is 35.5 Å². The molecule has 1 saturated carbocycles. The van der Waals surface area contributed by atoms with Gasteiger partial charge in [0, 0.05) is 25.7 Å². The maximum absolute atomic E-state index is 9.60. The Morgan fingerprint density at radius 1 is 1.18 bits per heavy atom. The van der Waals surface area contributed by atoms with Crippen LogP contribution in [0.1, 0.15) is 45.4 Å². The molecule has 0 aromatic carbocycles. The Kier molecular flexibility index (Phi) is 5.26. The molecule has 3 atom stereocenters. The van der Waals surface area contributed by atoms with Crippen molar-refractivity contribution in [1.29, 1.82) is 0 Å². The van der Waals surface area contributed by atoms with Gasteiger partial charge in [-0.2, -0.15) is 0 Å². The summed E-state index contributed by atoms with van der Waals surface area (Å²) in [5, 5.41) is 13.3. The number of hydrogen-bond acceptors (Lipinski definition) is 3. The molecule has 2 N–H and O–H groups in total. The second kappa shape index (κ2) is 6.72. The van der Waals surface area contributed by atoms with Gasteiger partial charge in [-0.25, -0.2) is 0 Å². The van der Waals surface area contributed by atoms with E-state index < -0.39 is 0 Å². The SMILES string of the molecule is CCNC1CCCCCC1CN1CCC(O)C1. The van der Waals surface area contributed by atoms with Crippen LogP contribution in [0.4, 0.5) is 0 Å². The van der Waals surface area contributed by atoms with Crippen molar-refractivity contribution in [2.75, 3.05) is 26.2 Å². The lowest BCUT2D eigenvalue weighted by atomic mass is 9.94. The van der Waals surface area contributed by atoms with Crippen LogP contribution in [0.2, 0.25) is 0 Å². The molecule has 1 saturated heterocycles. The summed E-state index contributed by atoms with van der Waals surface area (Å²) in [5.41, 5.74) is 0. The Hall–Kier alpha value is -0.120. The molecule has 17 heavy (non-hydrogen) atoms. The van der Waals surface area contributed by atoms with E-state index in [1.165, 1.54) is 38.6 Å². The molecule has 0 radical (unpaired) electrons. The summed E-state index contributed by atoms with van der Waals surface area (Å²) >= 11 is 0. The molecule has 2 fully saturated rings. The van der Waals surface area contributed by atoms with E-state index in [4.69, 9.17) is 0 Å². The smallest absolute Gasteiger partial charge is 0.0679 e. The van der Waals surface area contributed by atoms with Crippen LogP contribution in [0.15, 0.2) is 0 Å². The van der Waals surface area contributed by atoms with Crippen molar-refractivity contribution in [3.05, 3.63) is 0 Å². The summed E-state index contributed by atoms with van der Waals surface area (Å²) in [5.74, 6) is 0.794. The van der Waals surface area contributed by atoms with Crippen LogP contribution in [0.5, 0.6) is 0 Å². The van der Waals surface area contributed by atoms with Crippen LogP contribution in [-0.2, 0) is 0 Å². The van der Waals surface area contributed by atoms with E-state index in [0.717, 1.165) is 32.0 Å². The Bertz CT molecular complexity index is 222. The highest BCUT2D eigenvalue weighted by Crippen LogP contribution is 2.25. The number of aliphatic hydroxyl groups is 1. The van der Waals surface area contributed by atoms with E-state index in [1.807, 2.05) is 0 Å². The molecule has 100 valence electrons. The third-order valence-electron chi connectivity index (χ3n) is 4.37. The molecular weight excluding hydrogens is 212 g/mol. The summed E-state index contributed by atoms with van der Waals surface area (Å²) in [7, 11) is 0. The number of hydrogen-bond donors (Lipinski definition) is 2. The van der Waals surface area contributed by atoms with Crippen molar-refractivity contribution in [3.63, 3.8) is 0 Å². The van der Waals surface area contributed by atoms with Crippen molar-refractivity contribution in [2.24, 2.45) is 5.92 Å². The van der Waals surface area contributed by atoms with E-state index in [-0.39, 0.29) is 6.10 Å². The van der Waals surface area contributed by atoms with Crippen molar-refractivity contribution in [1.82, 2.24) is 10.2 Å². The highest BCUT2D eigenvalue weighted by molar-refractivity contribution is 4.84. The van der Waals surface area contributed by atoms with Gasteiger partial charge in [0.25, 0.3) is 0 Å². The third kappa shape index (κ3) is 3.94. The van der Waals surface area contributed by atoms with Crippen LogP contribution in [-0.4, -0.2) is 48.3 Å². The van der Waals surface area contributed by atoms with Crippen LogP contribution in [0.3, 0.4) is 0 Å². The fourth-order valence-electron chi connectivity index (χ4n) is 3.44. The lowest BCUT2D eigenvalue weighted by Gasteiger charge is -2.29. The number of nitrogens with one attached hydrogen (secondary N) is 1. The molecule has 0 bridgehead atoms. The minimum Gasteiger partial charge on any atom is -0.392 e. The van der Waals surface area contributed by atoms with Gasteiger partial charge in [-0.05, 0) is 31.7 Å². The van der Waals surface area contributed by atoms with Crippen LogP contribution in [0, 0.1) is 5.92 Å². The highest BCUT2D eigenvalue weighted by atomic mass is 16.3. The van der Waals surface area contributed by atoms with Crippen molar-refractivity contribution >= 4 is 0 Å². The minimum atomic E-state index is -0.0710. The first-order valence-corrected chi connectivity index (χ1v) is 7.43. The Morgan fingerprint density at radius 2 is 2.00 bits per heavy atom. The van der Waals surface area contributed by atoms with E-state index in [2.05, 4.69) is 17.1 Å². The van der Waals surface area contributed by atoms with Crippen molar-refractivity contribution in [2.45, 2.75) is 57.6 Å². The third-order valence-corrected chi connectivity index (χ3v) is 4.37. The fraction of sp³-hybridized carbons (Fsp3) is 1.00. The van der Waals surface area contributed by atoms with E-state index >= 15 is 0 Å². The molecule has 3 heteroatoms. The van der Waals surface area contributed by atoms with Gasteiger partial charge in [0.2, 0.25) is 0 Å². The van der Waals surface area contributed by atoms with Gasteiger partial charge in [-0.1, -0.05) is 26.2 Å². The second-order valence-electron chi connectivity index (χ2n) is 5.76. The van der Waals surface area contributed by atoms with E-state index in [1.54, 1.807) is 0 Å². The normalized spacial score (nSPS) is 36.0. The van der Waals surface area contributed by atoms with Crippen LogP contribution >= 0.6 is 0 Å². The molecule has 3 nitrogen and oxygen atoms in total. The standard InChI is InChI=1S/C14H28N2O/c1-2-15-14-7-5-3-4-6-12(14)10-16-9-8-13(17)11-16/h12-15,17H,2-11H2,1H3. The highest BCUT2D eigenvalue weighted by Gasteiger charge is 2.28. The van der Waals surface area contributed by atoms with Gasteiger partial charge in [0.05, 0.1) is 6.10 Å². The van der Waals surface area contributed by atoms with Gasteiger partial charge in [-0.3, -0.25) is 0 Å². The van der Waals surface area contributed by atoms with Gasteiger partial charge in [-0.15, -0.1) is 0 Å². The van der Waals surface area contributed by atoms with Crippen molar-refractivity contribution < 1.29 is 5.11 Å². The molecule has 2 rings (SSSR count). The number of nitrogens with zero attached hydrogens (tertiary/aromatic N) is 1. The van der Waals surface area contributed by atoms with Gasteiger partial charge >= 0.3 is 0 Å². The Morgan fingerprint density at radius 3 is 2.71 bits per heavy atom. The number of β-amino-alcohol motifs (C(OH)–C–C–N with tert-alkyl or cyclic N) is 1. The second-order valence-corrected chi connectivity index (χ2v) is 5.76. The fourth-order valence-corrected chi connectivity index (χ4v) is 3.44. The van der Waals surface area contributed by atoms with E-state index in [9.17, 15) is 5.11 Å². The quantitative estimate of drug-likeness (QED) is 0.733. The van der Waals surface area contributed by atoms with E-state index in [0.29, 0.717) is 6.04 Å².